The number of carbonyl (C=O) groups excluding carboxylic acids is 4. The van der Waals surface area contributed by atoms with Gasteiger partial charge in [0.1, 0.15) is 19.3 Å². The molecule has 3 N–H and O–H groups in total. The molecule has 0 rings (SSSR count). The molecule has 85 heavy (non-hydrogen) atoms. The number of esters is 4. The summed E-state index contributed by atoms with van der Waals surface area (Å²) in [6.45, 7) is 9.29. The third-order valence-corrected chi connectivity index (χ3v) is 17.1. The second-order valence-corrected chi connectivity index (χ2v) is 27.7. The van der Waals surface area contributed by atoms with E-state index in [0.717, 1.165) is 109 Å². The van der Waals surface area contributed by atoms with Crippen LogP contribution in [0.15, 0.2) is 0 Å². The molecule has 5 atom stereocenters. The van der Waals surface area contributed by atoms with E-state index in [4.69, 9.17) is 37.0 Å². The summed E-state index contributed by atoms with van der Waals surface area (Å²) in [4.78, 5) is 72.1. The molecule has 0 aromatic carbocycles. The summed E-state index contributed by atoms with van der Waals surface area (Å²) in [6.07, 6.45) is 42.4. The summed E-state index contributed by atoms with van der Waals surface area (Å²) >= 11 is 0. The Bertz CT molecular complexity index is 1670. The van der Waals surface area contributed by atoms with Crippen molar-refractivity contribution >= 4 is 39.5 Å². The Labute approximate surface area is 517 Å². The number of unbranched alkanes of at least 4 members (excludes halogenated alkanes) is 35. The minimum absolute atomic E-state index is 0.102. The van der Waals surface area contributed by atoms with Gasteiger partial charge < -0.3 is 33.8 Å². The van der Waals surface area contributed by atoms with E-state index in [1.807, 2.05) is 0 Å². The van der Waals surface area contributed by atoms with Crippen molar-refractivity contribution in [2.45, 2.75) is 349 Å². The minimum Gasteiger partial charge on any atom is -0.462 e. The molecular formula is C66H128O17P2. The molecule has 0 amide bonds. The molecule has 0 aliphatic carbocycles. The second kappa shape index (κ2) is 58.4. The van der Waals surface area contributed by atoms with Crippen molar-refractivity contribution in [2.75, 3.05) is 39.6 Å². The van der Waals surface area contributed by atoms with Crippen LogP contribution in [0.3, 0.4) is 0 Å². The highest BCUT2D eigenvalue weighted by Gasteiger charge is 2.30. The number of ether oxygens (including phenoxy) is 4. The van der Waals surface area contributed by atoms with Gasteiger partial charge in [-0.05, 0) is 37.5 Å². The number of rotatable bonds is 65. The Hall–Kier alpha value is -1.94. The zero-order valence-corrected chi connectivity index (χ0v) is 56.7. The highest BCUT2D eigenvalue weighted by Crippen LogP contribution is 2.45. The number of hydrogen-bond acceptors (Lipinski definition) is 15. The van der Waals surface area contributed by atoms with Crippen LogP contribution in [0.25, 0.3) is 0 Å². The highest BCUT2D eigenvalue weighted by molar-refractivity contribution is 7.47. The molecule has 0 aliphatic rings. The van der Waals surface area contributed by atoms with Gasteiger partial charge >= 0.3 is 39.5 Å². The molecule has 0 bridgehead atoms. The summed E-state index contributed by atoms with van der Waals surface area (Å²) < 4.78 is 67.9. The predicted molar refractivity (Wildman–Crippen MR) is 340 cm³/mol. The first-order chi connectivity index (χ1) is 40.9. The molecule has 0 spiro atoms. The van der Waals surface area contributed by atoms with Gasteiger partial charge in [-0.1, -0.05) is 279 Å². The van der Waals surface area contributed by atoms with Crippen molar-refractivity contribution in [3.8, 4) is 0 Å². The maximum Gasteiger partial charge on any atom is 0.472 e. The molecule has 0 aromatic rings. The molecule has 0 radical (unpaired) electrons. The van der Waals surface area contributed by atoms with E-state index in [2.05, 4.69) is 41.5 Å². The molecule has 2 unspecified atom stereocenters. The summed E-state index contributed by atoms with van der Waals surface area (Å²) in [5.74, 6) is -0.794. The van der Waals surface area contributed by atoms with Crippen molar-refractivity contribution in [3.63, 3.8) is 0 Å². The maximum atomic E-state index is 13.0. The van der Waals surface area contributed by atoms with Crippen LogP contribution in [0.2, 0.25) is 0 Å². The first-order valence-electron chi connectivity index (χ1n) is 34.5. The zero-order chi connectivity index (χ0) is 62.9. The van der Waals surface area contributed by atoms with Gasteiger partial charge in [-0.15, -0.1) is 0 Å². The zero-order valence-electron chi connectivity index (χ0n) is 54.9. The van der Waals surface area contributed by atoms with E-state index < -0.39 is 97.5 Å². The van der Waals surface area contributed by atoms with Crippen molar-refractivity contribution in [3.05, 3.63) is 0 Å². The summed E-state index contributed by atoms with van der Waals surface area (Å²) in [7, 11) is -9.88. The first kappa shape index (κ1) is 83.1. The third kappa shape index (κ3) is 60.7. The van der Waals surface area contributed by atoms with Crippen LogP contribution in [-0.4, -0.2) is 96.7 Å². The van der Waals surface area contributed by atoms with Gasteiger partial charge in [-0.25, -0.2) is 9.13 Å². The molecule has 17 nitrogen and oxygen atoms in total. The fourth-order valence-electron chi connectivity index (χ4n) is 9.88. The average molecular weight is 1260 g/mol. The number of hydrogen-bond donors (Lipinski definition) is 3. The molecule has 0 saturated heterocycles. The molecule has 0 heterocycles. The van der Waals surface area contributed by atoms with Crippen LogP contribution >= 0.6 is 15.6 Å². The monoisotopic (exact) mass is 1250 g/mol. The molecule has 0 aliphatic heterocycles. The number of aliphatic hydroxyl groups is 1. The van der Waals surface area contributed by atoms with E-state index >= 15 is 0 Å². The number of carbonyl (C=O) groups is 4. The molecular weight excluding hydrogens is 1130 g/mol. The Kier molecular flexibility index (Phi) is 57.1. The number of phosphoric ester groups is 2. The van der Waals surface area contributed by atoms with Crippen molar-refractivity contribution in [1.29, 1.82) is 0 Å². The van der Waals surface area contributed by atoms with Crippen LogP contribution in [0.1, 0.15) is 330 Å². The Morgan fingerprint density at radius 2 is 0.541 bits per heavy atom. The van der Waals surface area contributed by atoms with Crippen molar-refractivity contribution in [1.82, 2.24) is 0 Å². The van der Waals surface area contributed by atoms with E-state index in [1.54, 1.807) is 0 Å². The van der Waals surface area contributed by atoms with Gasteiger partial charge in [0, 0.05) is 25.7 Å². The van der Waals surface area contributed by atoms with Crippen LogP contribution in [0.5, 0.6) is 0 Å². The summed E-state index contributed by atoms with van der Waals surface area (Å²) in [5.41, 5.74) is 0. The predicted octanol–water partition coefficient (Wildman–Crippen LogP) is 18.4. The van der Waals surface area contributed by atoms with E-state index in [1.165, 1.54) is 128 Å². The lowest BCUT2D eigenvalue weighted by Crippen LogP contribution is -2.30. The molecule has 504 valence electrons. The fraction of sp³-hybridized carbons (Fsp3) is 0.939. The van der Waals surface area contributed by atoms with Crippen LogP contribution in [0, 0.1) is 11.8 Å². The maximum absolute atomic E-state index is 13.0. The molecule has 0 fully saturated rings. The normalized spacial score (nSPS) is 14.2. The molecule has 19 heteroatoms. The summed E-state index contributed by atoms with van der Waals surface area (Å²) in [6, 6.07) is 0. The van der Waals surface area contributed by atoms with E-state index in [9.17, 15) is 43.2 Å². The quantitative estimate of drug-likeness (QED) is 0.0222. The van der Waals surface area contributed by atoms with Crippen LogP contribution < -0.4 is 0 Å². The van der Waals surface area contributed by atoms with Gasteiger partial charge in [0.15, 0.2) is 12.2 Å². The van der Waals surface area contributed by atoms with Crippen molar-refractivity contribution in [2.24, 2.45) is 11.8 Å². The highest BCUT2D eigenvalue weighted by atomic mass is 31.2. The van der Waals surface area contributed by atoms with Gasteiger partial charge in [0.25, 0.3) is 0 Å². The SMILES string of the molecule is CCCCCCCCCCCCCCCCCCCCCCC(=O)O[C@H](COC(=O)CCCCCCCCC(C)C)COP(=O)(O)OC[C@@H](O)COP(=O)(O)OC[C@@H](COC(=O)CCCCCCCCC)OC(=O)CCCCCCCCC(C)C. The topological polar surface area (TPSA) is 237 Å². The Morgan fingerprint density at radius 3 is 0.800 bits per heavy atom. The van der Waals surface area contributed by atoms with Gasteiger partial charge in [-0.2, -0.15) is 0 Å². The lowest BCUT2D eigenvalue weighted by Gasteiger charge is -2.21. The van der Waals surface area contributed by atoms with Crippen molar-refractivity contribution < 1.29 is 80.2 Å². The average Bonchev–Trinajstić information content (AvgIpc) is 3.49. The lowest BCUT2D eigenvalue weighted by molar-refractivity contribution is -0.161. The Morgan fingerprint density at radius 1 is 0.318 bits per heavy atom. The lowest BCUT2D eigenvalue weighted by atomic mass is 10.0. The van der Waals surface area contributed by atoms with Gasteiger partial charge in [-0.3, -0.25) is 37.3 Å². The fourth-order valence-corrected chi connectivity index (χ4v) is 11.5. The minimum atomic E-state index is -4.94. The third-order valence-electron chi connectivity index (χ3n) is 15.2. The number of phosphoric acid groups is 2. The largest absolute Gasteiger partial charge is 0.472 e. The van der Waals surface area contributed by atoms with Gasteiger partial charge in [0.2, 0.25) is 0 Å². The number of aliphatic hydroxyl groups excluding tert-OH is 1. The molecule has 0 aromatic heterocycles. The van der Waals surface area contributed by atoms with E-state index in [0.29, 0.717) is 37.5 Å². The van der Waals surface area contributed by atoms with Crippen LogP contribution in [-0.2, 0) is 65.4 Å². The summed E-state index contributed by atoms with van der Waals surface area (Å²) in [5, 5.41) is 10.5. The molecule has 0 saturated carbocycles. The standard InChI is InChI=1S/C66H128O17P2/c1-7-9-11-13-15-16-17-18-19-20-21-22-23-24-25-26-27-29-38-44-50-65(70)82-61(55-77-64(69)49-43-37-32-30-34-40-46-58(3)4)56-80-84(72,73)78-52-60(67)53-79-85(74,75)81-57-62(54-76-63(68)48-42-36-28-14-12-10-8-2)83-66(71)51-45-39-33-31-35-41-47-59(5)6/h58-62,67H,7-57H2,1-6H3,(H,72,73)(H,74,75)/t60-,61-,62-/m1/s1. The smallest absolute Gasteiger partial charge is 0.462 e. The Balaban J connectivity index is 5.11. The second-order valence-electron chi connectivity index (χ2n) is 24.8. The van der Waals surface area contributed by atoms with E-state index in [-0.39, 0.29) is 25.7 Å². The first-order valence-corrected chi connectivity index (χ1v) is 37.5. The van der Waals surface area contributed by atoms with Gasteiger partial charge in [0.05, 0.1) is 26.4 Å². The van der Waals surface area contributed by atoms with Crippen LogP contribution in [0.4, 0.5) is 0 Å².